The van der Waals surface area contributed by atoms with Crippen LogP contribution in [-0.4, -0.2) is 85.2 Å². The number of hydrogen-bond acceptors (Lipinski definition) is 7. The largest absolute Gasteiger partial charge is 0.497 e. The predicted molar refractivity (Wildman–Crippen MR) is 198 cm³/mol. The van der Waals surface area contributed by atoms with Gasteiger partial charge in [0.1, 0.15) is 11.8 Å². The number of amides is 3. The van der Waals surface area contributed by atoms with Crippen LogP contribution >= 0.6 is 0 Å². The fourth-order valence-corrected chi connectivity index (χ4v) is 7.86. The summed E-state index contributed by atoms with van der Waals surface area (Å²) < 4.78 is 35.0. The molecule has 0 saturated carbocycles. The summed E-state index contributed by atoms with van der Waals surface area (Å²) >= 11 is 0. The smallest absolute Gasteiger partial charge is 0.321 e. The number of ether oxygens (including phenoxy) is 1. The lowest BCUT2D eigenvalue weighted by Gasteiger charge is -2.33. The summed E-state index contributed by atoms with van der Waals surface area (Å²) in [6.45, 7) is 8.54. The highest BCUT2D eigenvalue weighted by molar-refractivity contribution is 7.89. The van der Waals surface area contributed by atoms with Crippen LogP contribution in [0.25, 0.3) is 10.9 Å². The number of nitrogens with one attached hydrogen (secondary N) is 2. The van der Waals surface area contributed by atoms with Crippen molar-refractivity contribution in [2.24, 2.45) is 11.8 Å². The number of methoxy groups -OCH3 is 1. The first-order valence-electron chi connectivity index (χ1n) is 17.5. The zero-order chi connectivity index (χ0) is 36.7. The number of fused-ring (bicyclic) bond motifs is 1. The molecule has 272 valence electrons. The third-order valence-corrected chi connectivity index (χ3v) is 10.7. The van der Waals surface area contributed by atoms with Crippen LogP contribution in [0.15, 0.2) is 89.8 Å². The Kier molecular flexibility index (Phi) is 12.3. The number of sulfonamides is 1. The van der Waals surface area contributed by atoms with Crippen molar-refractivity contribution in [2.45, 2.75) is 70.2 Å². The maximum atomic E-state index is 14.1. The van der Waals surface area contributed by atoms with E-state index < -0.39 is 34.1 Å². The third-order valence-electron chi connectivity index (χ3n) is 9.13. The predicted octanol–water partition coefficient (Wildman–Crippen LogP) is 4.77. The molecule has 4 aromatic rings. The van der Waals surface area contributed by atoms with Crippen LogP contribution in [0.2, 0.25) is 0 Å². The van der Waals surface area contributed by atoms with Gasteiger partial charge in [0.15, 0.2) is 0 Å². The molecule has 0 unspecified atom stereocenters. The molecular formula is C39H49N5O6S. The summed E-state index contributed by atoms with van der Waals surface area (Å²) in [5, 5.41) is 15.5. The topological polar surface area (TPSA) is 141 Å². The first kappa shape index (κ1) is 37.7. The molecule has 51 heavy (non-hydrogen) atoms. The van der Waals surface area contributed by atoms with Crippen LogP contribution in [0.4, 0.5) is 4.79 Å². The van der Waals surface area contributed by atoms with Crippen molar-refractivity contribution in [3.05, 3.63) is 102 Å². The second-order valence-electron chi connectivity index (χ2n) is 13.9. The van der Waals surface area contributed by atoms with Gasteiger partial charge in [-0.25, -0.2) is 17.9 Å². The molecule has 3 N–H and O–H groups in total. The lowest BCUT2D eigenvalue weighted by atomic mass is 9.98. The Labute approximate surface area is 301 Å². The number of urea groups is 1. The summed E-state index contributed by atoms with van der Waals surface area (Å²) in [5.41, 5.74) is 3.07. The number of aromatic nitrogens is 1. The van der Waals surface area contributed by atoms with Crippen LogP contribution in [0.5, 0.6) is 5.75 Å². The maximum absolute atomic E-state index is 14.1. The Bertz CT molecular complexity index is 1920. The van der Waals surface area contributed by atoms with Crippen molar-refractivity contribution < 1.29 is 27.9 Å². The lowest BCUT2D eigenvalue weighted by molar-refractivity contribution is -0.128. The number of carbonyl (C=O) groups is 2. The average Bonchev–Trinajstić information content (AvgIpc) is 3.45. The fourth-order valence-electron chi connectivity index (χ4n) is 6.58. The molecule has 5 rings (SSSR count). The molecule has 1 aliphatic heterocycles. The zero-order valence-corrected chi connectivity index (χ0v) is 30.8. The van der Waals surface area contributed by atoms with Crippen molar-refractivity contribution in [2.75, 3.05) is 26.7 Å². The first-order valence-corrected chi connectivity index (χ1v) is 18.9. The van der Waals surface area contributed by atoms with Crippen LogP contribution in [0.3, 0.4) is 0 Å². The molecule has 1 fully saturated rings. The molecule has 0 aliphatic carbocycles. The summed E-state index contributed by atoms with van der Waals surface area (Å²) in [7, 11) is -2.50. The van der Waals surface area contributed by atoms with Gasteiger partial charge < -0.3 is 25.0 Å². The highest BCUT2D eigenvalue weighted by Gasteiger charge is 2.40. The van der Waals surface area contributed by atoms with E-state index in [1.807, 2.05) is 94.4 Å². The Morgan fingerprint density at radius 2 is 1.67 bits per heavy atom. The summed E-state index contributed by atoms with van der Waals surface area (Å²) in [4.78, 5) is 35.9. The molecule has 0 bridgehead atoms. The van der Waals surface area contributed by atoms with E-state index in [0.717, 1.165) is 22.2 Å². The van der Waals surface area contributed by atoms with Gasteiger partial charge in [0.25, 0.3) is 0 Å². The van der Waals surface area contributed by atoms with E-state index in [1.54, 1.807) is 21.9 Å². The van der Waals surface area contributed by atoms with Gasteiger partial charge in [0, 0.05) is 25.0 Å². The quantitative estimate of drug-likeness (QED) is 0.152. The molecule has 0 radical (unpaired) electrons. The van der Waals surface area contributed by atoms with Crippen molar-refractivity contribution >= 4 is 32.9 Å². The molecular weight excluding hydrogens is 667 g/mol. The van der Waals surface area contributed by atoms with Gasteiger partial charge in [-0.3, -0.25) is 9.78 Å². The number of aliphatic hydroxyl groups excluding tert-OH is 1. The Hall–Kier alpha value is -4.52. The number of carbonyl (C=O) groups excluding carboxylic acids is 2. The second-order valence-corrected chi connectivity index (χ2v) is 15.6. The van der Waals surface area contributed by atoms with Gasteiger partial charge in [-0.1, -0.05) is 82.3 Å². The number of para-hydroxylation sites is 1. The summed E-state index contributed by atoms with van der Waals surface area (Å²) in [6, 6.07) is 24.0. The molecule has 12 heteroatoms. The first-order chi connectivity index (χ1) is 24.4. The Balaban J connectivity index is 1.31. The second kappa shape index (κ2) is 16.7. The standard InChI is InChI=1S/C39H49N5O6S/c1-26(2)21-30-23-32(50-5)17-18-36(30)51(48,49)40-24-35(45)34(22-28-11-7-6-8-12-28)42-38(46)37(27(3)4)44-20-19-43(39(44)47)25-31-16-15-29-13-9-10-14-33(29)41-31/h6-18,23,26-27,34-35,37,40,45H,19-22,24-25H2,1-5H3,(H,42,46)/t34-,35+,37-/m0/s1. The van der Waals surface area contributed by atoms with Gasteiger partial charge in [0.2, 0.25) is 15.9 Å². The lowest BCUT2D eigenvalue weighted by Crippen LogP contribution is -2.57. The normalized spacial score (nSPS) is 15.4. The Morgan fingerprint density at radius 1 is 0.941 bits per heavy atom. The van der Waals surface area contributed by atoms with Gasteiger partial charge in [-0.05, 0) is 66.1 Å². The highest BCUT2D eigenvalue weighted by Crippen LogP contribution is 2.25. The molecule has 1 saturated heterocycles. The van der Waals surface area contributed by atoms with Gasteiger partial charge in [-0.15, -0.1) is 0 Å². The molecule has 1 aromatic heterocycles. The van der Waals surface area contributed by atoms with Gasteiger partial charge in [0.05, 0.1) is 41.9 Å². The minimum absolute atomic E-state index is 0.115. The van der Waals surface area contributed by atoms with Crippen molar-refractivity contribution in [1.82, 2.24) is 24.8 Å². The number of rotatable bonds is 16. The molecule has 2 heterocycles. The average molecular weight is 716 g/mol. The minimum Gasteiger partial charge on any atom is -0.497 e. The number of nitrogens with zero attached hydrogens (tertiary/aromatic N) is 3. The molecule has 0 spiro atoms. The summed E-state index contributed by atoms with van der Waals surface area (Å²) in [6.07, 6.45) is -0.520. The third kappa shape index (κ3) is 9.43. The van der Waals surface area contributed by atoms with E-state index >= 15 is 0 Å². The number of hydrogen-bond donors (Lipinski definition) is 3. The van der Waals surface area contributed by atoms with Crippen molar-refractivity contribution in [3.63, 3.8) is 0 Å². The van der Waals surface area contributed by atoms with E-state index in [4.69, 9.17) is 9.72 Å². The van der Waals surface area contributed by atoms with Crippen LogP contribution < -0.4 is 14.8 Å². The zero-order valence-electron chi connectivity index (χ0n) is 30.0. The van der Waals surface area contributed by atoms with E-state index in [2.05, 4.69) is 10.0 Å². The van der Waals surface area contributed by atoms with Crippen molar-refractivity contribution in [3.8, 4) is 5.75 Å². The Morgan fingerprint density at radius 3 is 2.37 bits per heavy atom. The van der Waals surface area contributed by atoms with Crippen LogP contribution in [-0.2, 0) is 34.2 Å². The maximum Gasteiger partial charge on any atom is 0.321 e. The van der Waals surface area contributed by atoms with E-state index in [9.17, 15) is 23.1 Å². The molecule has 11 nitrogen and oxygen atoms in total. The molecule has 3 atom stereocenters. The van der Waals surface area contributed by atoms with E-state index in [0.29, 0.717) is 37.4 Å². The monoisotopic (exact) mass is 715 g/mol. The fraction of sp³-hybridized carbons (Fsp3) is 0.410. The number of pyridine rings is 1. The molecule has 1 aliphatic rings. The SMILES string of the molecule is COc1ccc(S(=O)(=O)NC[C@@H](O)[C@H](Cc2ccccc2)NC(=O)[C@H](C(C)C)N2CCN(Cc3ccc4ccccc4n3)C2=O)c(CC(C)C)c1. The van der Waals surface area contributed by atoms with Crippen LogP contribution in [0.1, 0.15) is 44.5 Å². The highest BCUT2D eigenvalue weighted by atomic mass is 32.2. The molecule has 3 amide bonds. The summed E-state index contributed by atoms with van der Waals surface area (Å²) in [5.74, 6) is 0.0947. The van der Waals surface area contributed by atoms with E-state index in [1.165, 1.54) is 13.2 Å². The van der Waals surface area contributed by atoms with E-state index in [-0.39, 0.29) is 35.7 Å². The molecule has 3 aromatic carbocycles. The van der Waals surface area contributed by atoms with Gasteiger partial charge in [-0.2, -0.15) is 0 Å². The number of aliphatic hydroxyl groups is 1. The minimum atomic E-state index is -4.03. The van der Waals surface area contributed by atoms with Crippen molar-refractivity contribution in [1.29, 1.82) is 0 Å². The number of benzene rings is 3. The van der Waals surface area contributed by atoms with Crippen LogP contribution in [0, 0.1) is 11.8 Å². The van der Waals surface area contributed by atoms with Gasteiger partial charge >= 0.3 is 6.03 Å².